The first-order valence-electron chi connectivity index (χ1n) is 6.64. The molecule has 0 aliphatic rings. The normalized spacial score (nSPS) is 10.3. The third-order valence-electron chi connectivity index (χ3n) is 2.95. The zero-order valence-corrected chi connectivity index (χ0v) is 14.8. The third-order valence-corrected chi connectivity index (χ3v) is 5.65. The standard InChI is InChI=1S/C18H21P.2Li/c1-18(2,3)19(14-16-10-6-4-7-11-16)15-17-12-8-5-9-13-17;;/h4-15H,1-3H3;;/q-2;2*+1. The van der Waals surface area contributed by atoms with Crippen molar-refractivity contribution >= 4 is 7.92 Å². The van der Waals surface area contributed by atoms with E-state index in [2.05, 4.69) is 93.8 Å². The van der Waals surface area contributed by atoms with Gasteiger partial charge in [0.1, 0.15) is 0 Å². The molecule has 21 heavy (non-hydrogen) atoms. The summed E-state index contributed by atoms with van der Waals surface area (Å²) in [5.41, 5.74) is 2.63. The van der Waals surface area contributed by atoms with Crippen molar-refractivity contribution in [3.05, 3.63) is 84.1 Å². The molecule has 0 bridgehead atoms. The van der Waals surface area contributed by atoms with Crippen LogP contribution in [0.1, 0.15) is 31.9 Å². The molecule has 0 saturated heterocycles. The molecule has 100 valence electrons. The van der Waals surface area contributed by atoms with Gasteiger partial charge in [-0.2, -0.15) is 55.6 Å². The summed E-state index contributed by atoms with van der Waals surface area (Å²) >= 11 is 0. The average molecular weight is 282 g/mol. The van der Waals surface area contributed by atoms with Crippen molar-refractivity contribution < 1.29 is 37.7 Å². The average Bonchev–Trinajstić information content (AvgIpc) is 2.39. The van der Waals surface area contributed by atoms with Crippen LogP contribution in [-0.2, 0) is 0 Å². The van der Waals surface area contributed by atoms with Gasteiger partial charge in [-0.3, -0.25) is 0 Å². The Hall–Kier alpha value is -0.195. The minimum Gasteiger partial charge on any atom is -0.188 e. The topological polar surface area (TPSA) is 0 Å². The van der Waals surface area contributed by atoms with Crippen molar-refractivity contribution in [1.29, 1.82) is 0 Å². The Morgan fingerprint density at radius 2 is 1.00 bits per heavy atom. The number of hydrogen-bond donors (Lipinski definition) is 0. The van der Waals surface area contributed by atoms with Crippen molar-refractivity contribution in [2.75, 3.05) is 0 Å². The van der Waals surface area contributed by atoms with Crippen molar-refractivity contribution in [2.45, 2.75) is 25.9 Å². The smallest absolute Gasteiger partial charge is 0.188 e. The largest absolute Gasteiger partial charge is 1.00 e. The molecule has 0 radical (unpaired) electrons. The van der Waals surface area contributed by atoms with Crippen molar-refractivity contribution in [2.24, 2.45) is 0 Å². The number of benzene rings is 2. The van der Waals surface area contributed by atoms with Gasteiger partial charge >= 0.3 is 37.7 Å². The van der Waals surface area contributed by atoms with E-state index in [0.29, 0.717) is 0 Å². The predicted molar refractivity (Wildman–Crippen MR) is 86.4 cm³/mol. The minimum atomic E-state index is -0.304. The predicted octanol–water partition coefficient (Wildman–Crippen LogP) is -0.305. The first kappa shape index (κ1) is 20.8. The van der Waals surface area contributed by atoms with Gasteiger partial charge < -0.3 is 0 Å². The van der Waals surface area contributed by atoms with Crippen LogP contribution in [0.15, 0.2) is 60.7 Å². The van der Waals surface area contributed by atoms with Gasteiger partial charge in [-0.1, -0.05) is 32.9 Å². The fourth-order valence-electron chi connectivity index (χ4n) is 1.82. The van der Waals surface area contributed by atoms with Crippen molar-refractivity contribution in [3.8, 4) is 0 Å². The van der Waals surface area contributed by atoms with Crippen LogP contribution in [0, 0.1) is 12.3 Å². The second kappa shape index (κ2) is 9.75. The van der Waals surface area contributed by atoms with Crippen molar-refractivity contribution in [3.63, 3.8) is 0 Å². The SMILES string of the molecule is CC(C)(C)P([CH-]c1ccccc1)[CH-]c1ccccc1.[Li+].[Li+]. The second-order valence-electron chi connectivity index (χ2n) is 5.66. The van der Waals surface area contributed by atoms with E-state index in [9.17, 15) is 0 Å². The Morgan fingerprint density at radius 1 is 0.667 bits per heavy atom. The molecule has 0 heterocycles. The molecule has 3 heteroatoms. The monoisotopic (exact) mass is 282 g/mol. The maximum atomic E-state index is 2.42. The Morgan fingerprint density at radius 3 is 1.29 bits per heavy atom. The van der Waals surface area contributed by atoms with Gasteiger partial charge in [-0.05, 0) is 5.16 Å². The molecule has 0 aromatic heterocycles. The summed E-state index contributed by atoms with van der Waals surface area (Å²) in [7, 11) is -0.304. The molecule has 0 amide bonds. The molecule has 0 nitrogen and oxygen atoms in total. The Balaban J connectivity index is 0.00000200. The molecule has 0 aliphatic carbocycles. The summed E-state index contributed by atoms with van der Waals surface area (Å²) in [5, 5.41) is 0.279. The van der Waals surface area contributed by atoms with Crippen LogP contribution in [0.2, 0.25) is 0 Å². The molecule has 0 saturated carbocycles. The van der Waals surface area contributed by atoms with Gasteiger partial charge in [0.25, 0.3) is 0 Å². The summed E-state index contributed by atoms with van der Waals surface area (Å²) in [4.78, 5) is 0. The van der Waals surface area contributed by atoms with Crippen LogP contribution < -0.4 is 37.7 Å². The molecular weight excluding hydrogens is 261 g/mol. The van der Waals surface area contributed by atoms with E-state index in [1.807, 2.05) is 0 Å². The fraction of sp³-hybridized carbons (Fsp3) is 0.222. The van der Waals surface area contributed by atoms with E-state index in [1.54, 1.807) is 0 Å². The van der Waals surface area contributed by atoms with Gasteiger partial charge in [-0.15, -0.1) is 24.3 Å². The summed E-state index contributed by atoms with van der Waals surface area (Å²) in [6.07, 6.45) is 4.84. The Labute approximate surface area is 155 Å². The van der Waals surface area contributed by atoms with E-state index in [0.717, 1.165) is 0 Å². The number of hydrogen-bond acceptors (Lipinski definition) is 0. The van der Waals surface area contributed by atoms with Crippen LogP contribution in [0.3, 0.4) is 0 Å². The molecule has 0 N–H and O–H groups in total. The van der Waals surface area contributed by atoms with Crippen molar-refractivity contribution in [1.82, 2.24) is 0 Å². The van der Waals surface area contributed by atoms with Crippen LogP contribution in [0.25, 0.3) is 0 Å². The van der Waals surface area contributed by atoms with Crippen LogP contribution >= 0.6 is 7.92 Å². The first-order chi connectivity index (χ1) is 9.05. The van der Waals surface area contributed by atoms with E-state index in [1.165, 1.54) is 11.1 Å². The second-order valence-corrected chi connectivity index (χ2v) is 8.33. The zero-order valence-electron chi connectivity index (χ0n) is 13.9. The van der Waals surface area contributed by atoms with Crippen LogP contribution in [0.5, 0.6) is 0 Å². The molecular formula is C18H21Li2P. The maximum Gasteiger partial charge on any atom is 1.00 e. The molecule has 2 aromatic rings. The molecule has 0 spiro atoms. The molecule has 2 aromatic carbocycles. The maximum absolute atomic E-state index is 2.42. The van der Waals surface area contributed by atoms with Gasteiger partial charge in [0.05, 0.1) is 0 Å². The molecule has 0 fully saturated rings. The summed E-state index contributed by atoms with van der Waals surface area (Å²) in [6.45, 7) is 6.95. The molecule has 0 unspecified atom stereocenters. The molecule has 0 aliphatic heterocycles. The minimum absolute atomic E-state index is 0. The van der Waals surface area contributed by atoms with E-state index < -0.39 is 0 Å². The van der Waals surface area contributed by atoms with E-state index >= 15 is 0 Å². The fourth-order valence-corrected chi connectivity index (χ4v) is 3.66. The van der Waals surface area contributed by atoms with Gasteiger partial charge in [-0.25, -0.2) is 0 Å². The van der Waals surface area contributed by atoms with Gasteiger partial charge in [0.15, 0.2) is 0 Å². The zero-order chi connectivity index (χ0) is 13.7. The van der Waals surface area contributed by atoms with Gasteiger partial charge in [0, 0.05) is 0 Å². The van der Waals surface area contributed by atoms with E-state index in [-0.39, 0.29) is 50.8 Å². The molecule has 2 rings (SSSR count). The van der Waals surface area contributed by atoms with Crippen LogP contribution in [0.4, 0.5) is 0 Å². The van der Waals surface area contributed by atoms with Crippen LogP contribution in [-0.4, -0.2) is 5.16 Å². The van der Waals surface area contributed by atoms with E-state index in [4.69, 9.17) is 0 Å². The molecule has 0 atom stereocenters. The first-order valence-corrected chi connectivity index (χ1v) is 8.12. The number of rotatable bonds is 4. The van der Waals surface area contributed by atoms with Gasteiger partial charge in [0.2, 0.25) is 0 Å². The Kier molecular flexibility index (Phi) is 9.66. The summed E-state index contributed by atoms with van der Waals surface area (Å²) in [6, 6.07) is 21.3. The Bertz CT molecular complexity index is 450. The summed E-state index contributed by atoms with van der Waals surface area (Å²) in [5.74, 6) is 0. The third kappa shape index (κ3) is 7.07. The summed E-state index contributed by atoms with van der Waals surface area (Å²) < 4.78 is 0. The quantitative estimate of drug-likeness (QED) is 0.410.